The highest BCUT2D eigenvalue weighted by molar-refractivity contribution is 7.16. The van der Waals surface area contributed by atoms with Crippen LogP contribution in [0.2, 0.25) is 0 Å². The van der Waals surface area contributed by atoms with Crippen molar-refractivity contribution in [1.82, 2.24) is 15.2 Å². The van der Waals surface area contributed by atoms with Crippen molar-refractivity contribution in [3.05, 3.63) is 76.3 Å². The molecule has 0 fully saturated rings. The Hall–Kier alpha value is -4.10. The number of hydrogen-bond acceptors (Lipinski definition) is 10. The van der Waals surface area contributed by atoms with Crippen LogP contribution in [0, 0.1) is 0 Å². The molecule has 0 bridgehead atoms. The molecule has 40 heavy (non-hydrogen) atoms. The number of halogens is 3. The number of anilines is 2. The van der Waals surface area contributed by atoms with Gasteiger partial charge < -0.3 is 19.8 Å². The summed E-state index contributed by atoms with van der Waals surface area (Å²) in [5, 5.41) is 12.6. The number of thiazole rings is 1. The Morgan fingerprint density at radius 2 is 1.80 bits per heavy atom. The van der Waals surface area contributed by atoms with E-state index in [0.717, 1.165) is 16.7 Å². The van der Waals surface area contributed by atoms with Crippen molar-refractivity contribution in [2.24, 2.45) is 4.99 Å². The fourth-order valence-corrected chi connectivity index (χ4v) is 4.78. The molecule has 0 unspecified atom stereocenters. The molecule has 13 heteroatoms. The Balaban J connectivity index is 1.46. The topological polar surface area (TPSA) is 115 Å². The Labute approximate surface area is 231 Å². The molecule has 9 nitrogen and oxygen atoms in total. The number of aliphatic imine (C=N–C) groups is 1. The average Bonchev–Trinajstić information content (AvgIpc) is 3.55. The molecule has 1 aliphatic heterocycles. The van der Waals surface area contributed by atoms with Gasteiger partial charge in [-0.15, -0.1) is 5.10 Å². The first-order valence-electron chi connectivity index (χ1n) is 12.3. The summed E-state index contributed by atoms with van der Waals surface area (Å²) in [7, 11) is 1.51. The van der Waals surface area contributed by atoms with E-state index in [-0.39, 0.29) is 41.3 Å². The van der Waals surface area contributed by atoms with Gasteiger partial charge >= 0.3 is 12.2 Å². The van der Waals surface area contributed by atoms with Crippen molar-refractivity contribution >= 4 is 33.8 Å². The summed E-state index contributed by atoms with van der Waals surface area (Å²) in [5.74, 6) is -0.487. The van der Waals surface area contributed by atoms with Crippen molar-refractivity contribution in [2.45, 2.75) is 38.2 Å². The van der Waals surface area contributed by atoms with Gasteiger partial charge in [0.2, 0.25) is 5.01 Å². The van der Waals surface area contributed by atoms with E-state index in [1.807, 2.05) is 54.6 Å². The monoisotopic (exact) mass is 570 g/mol. The molecule has 1 atom stereocenters. The fraction of sp³-hybridized carbons (Fsp3) is 0.296. The molecule has 1 aliphatic rings. The quantitative estimate of drug-likeness (QED) is 0.288. The molecule has 0 saturated heterocycles. The highest BCUT2D eigenvalue weighted by Gasteiger charge is 2.37. The molecule has 2 N–H and O–H groups in total. The number of nitrogens with zero attached hydrogens (tertiary/aromatic N) is 4. The third kappa shape index (κ3) is 5.89. The SMILES string of the molecule is COC(C)(C)CNc1sc(C(F)(F)F)nc1-c1nnc(N[C@H]2N=C(c3ccccc3)c3ccccc3CC2=O)o1. The maximum atomic E-state index is 13.5. The number of rotatable bonds is 8. The molecule has 4 aromatic rings. The number of fused-ring (bicyclic) bond motifs is 1. The summed E-state index contributed by atoms with van der Waals surface area (Å²) in [5.41, 5.74) is 2.27. The normalized spacial score (nSPS) is 15.8. The van der Waals surface area contributed by atoms with E-state index in [1.54, 1.807) is 13.8 Å². The second-order valence-corrected chi connectivity index (χ2v) is 10.6. The summed E-state index contributed by atoms with van der Waals surface area (Å²) in [6.45, 7) is 3.77. The van der Waals surface area contributed by atoms with Crippen molar-refractivity contribution in [3.63, 3.8) is 0 Å². The van der Waals surface area contributed by atoms with Gasteiger partial charge in [-0.25, -0.2) is 4.98 Å². The smallest absolute Gasteiger partial charge is 0.402 e. The number of carbonyl (C=O) groups excluding carboxylic acids is 1. The molecule has 0 saturated carbocycles. The van der Waals surface area contributed by atoms with Crippen LogP contribution >= 0.6 is 11.3 Å². The minimum atomic E-state index is -4.67. The predicted molar refractivity (Wildman–Crippen MR) is 145 cm³/mol. The number of ether oxygens (including phenoxy) is 1. The van der Waals surface area contributed by atoms with E-state index < -0.39 is 23.0 Å². The zero-order valence-corrected chi connectivity index (χ0v) is 22.6. The molecule has 0 radical (unpaired) electrons. The number of nitrogens with one attached hydrogen (secondary N) is 2. The van der Waals surface area contributed by atoms with Gasteiger partial charge in [0.1, 0.15) is 5.00 Å². The van der Waals surface area contributed by atoms with Gasteiger partial charge in [0, 0.05) is 31.2 Å². The number of Topliss-reactive ketones (excluding diaryl/α,β-unsaturated/α-hetero) is 1. The van der Waals surface area contributed by atoms with Crippen LogP contribution < -0.4 is 10.6 Å². The largest absolute Gasteiger partial charge is 0.443 e. The lowest BCUT2D eigenvalue weighted by molar-refractivity contribution is -0.137. The second kappa shape index (κ2) is 10.8. The number of hydrogen-bond donors (Lipinski definition) is 2. The molecule has 3 heterocycles. The van der Waals surface area contributed by atoms with Crippen molar-refractivity contribution < 1.29 is 27.1 Å². The average molecular weight is 571 g/mol. The Morgan fingerprint density at radius 3 is 2.52 bits per heavy atom. The van der Waals surface area contributed by atoms with Crippen LogP contribution in [0.25, 0.3) is 11.6 Å². The van der Waals surface area contributed by atoms with Crippen LogP contribution in [0.15, 0.2) is 64.0 Å². The van der Waals surface area contributed by atoms with Crippen LogP contribution in [0.5, 0.6) is 0 Å². The minimum absolute atomic E-state index is 0.0954. The van der Waals surface area contributed by atoms with E-state index in [0.29, 0.717) is 17.0 Å². The Morgan fingerprint density at radius 1 is 1.07 bits per heavy atom. The molecule has 5 rings (SSSR count). The first-order valence-corrected chi connectivity index (χ1v) is 13.1. The summed E-state index contributed by atoms with van der Waals surface area (Å²) < 4.78 is 51.5. The first-order chi connectivity index (χ1) is 19.0. The van der Waals surface area contributed by atoms with Crippen LogP contribution in [0.3, 0.4) is 0 Å². The molecule has 0 spiro atoms. The lowest BCUT2D eigenvalue weighted by Gasteiger charge is -2.23. The number of alkyl halides is 3. The summed E-state index contributed by atoms with van der Waals surface area (Å²) >= 11 is 0.424. The van der Waals surface area contributed by atoms with E-state index in [9.17, 15) is 18.0 Å². The Bertz CT molecular complexity index is 1550. The van der Waals surface area contributed by atoms with E-state index >= 15 is 0 Å². The zero-order chi connectivity index (χ0) is 28.5. The fourth-order valence-electron chi connectivity index (χ4n) is 3.96. The second-order valence-electron chi connectivity index (χ2n) is 9.62. The standard InChI is InChI=1S/C27H25F3N6O3S/c1-26(2,38-3)14-31-23-20(33-24(40-23)27(28,29)30)22-35-36-25(39-22)34-21-18(37)13-16-11-7-8-12-17(16)19(32-21)15-9-5-4-6-10-15/h4-12,21,31H,13-14H2,1-3H3,(H,34,36)/t21-/m1/s1. The summed E-state index contributed by atoms with van der Waals surface area (Å²) in [6.07, 6.45) is -5.63. The van der Waals surface area contributed by atoms with Crippen LogP contribution in [0.4, 0.5) is 24.2 Å². The van der Waals surface area contributed by atoms with Gasteiger partial charge in [0.15, 0.2) is 17.6 Å². The number of ketones is 1. The predicted octanol–water partition coefficient (Wildman–Crippen LogP) is 5.45. The number of benzene rings is 2. The minimum Gasteiger partial charge on any atom is -0.402 e. The highest BCUT2D eigenvalue weighted by Crippen LogP contribution is 2.41. The van der Waals surface area contributed by atoms with E-state index in [2.05, 4.69) is 25.8 Å². The van der Waals surface area contributed by atoms with Crippen molar-refractivity contribution in [3.8, 4) is 11.6 Å². The van der Waals surface area contributed by atoms with Crippen LogP contribution in [0.1, 0.15) is 35.5 Å². The number of carbonyl (C=O) groups is 1. The van der Waals surface area contributed by atoms with E-state index in [1.165, 1.54) is 7.11 Å². The first kappa shape index (κ1) is 27.5. The number of methoxy groups -OCH3 is 1. The van der Waals surface area contributed by atoms with Crippen LogP contribution in [-0.2, 0) is 22.1 Å². The molecule has 0 aliphatic carbocycles. The van der Waals surface area contributed by atoms with Crippen LogP contribution in [-0.4, -0.2) is 52.1 Å². The lowest BCUT2D eigenvalue weighted by atomic mass is 9.96. The molecule has 2 aromatic heterocycles. The zero-order valence-electron chi connectivity index (χ0n) is 21.7. The lowest BCUT2D eigenvalue weighted by Crippen LogP contribution is -2.31. The number of aromatic nitrogens is 3. The van der Waals surface area contributed by atoms with Gasteiger partial charge in [-0.1, -0.05) is 71.0 Å². The summed E-state index contributed by atoms with van der Waals surface area (Å²) in [6, 6.07) is 16.8. The third-order valence-corrected chi connectivity index (χ3v) is 7.29. The maximum Gasteiger partial charge on any atom is 0.443 e. The molecular weight excluding hydrogens is 545 g/mol. The van der Waals surface area contributed by atoms with Gasteiger partial charge in [-0.2, -0.15) is 13.2 Å². The van der Waals surface area contributed by atoms with Gasteiger partial charge in [0.05, 0.1) is 11.3 Å². The maximum absolute atomic E-state index is 13.5. The summed E-state index contributed by atoms with van der Waals surface area (Å²) in [4.78, 5) is 21.6. The molecule has 2 aromatic carbocycles. The Kier molecular flexibility index (Phi) is 7.43. The molecule has 208 valence electrons. The third-order valence-electron chi connectivity index (χ3n) is 6.23. The molecular formula is C27H25F3N6O3S. The van der Waals surface area contributed by atoms with Crippen molar-refractivity contribution in [2.75, 3.05) is 24.3 Å². The van der Waals surface area contributed by atoms with Gasteiger partial charge in [-0.3, -0.25) is 9.79 Å². The molecule has 0 amide bonds. The van der Waals surface area contributed by atoms with Gasteiger partial charge in [0.25, 0.3) is 5.89 Å². The van der Waals surface area contributed by atoms with Crippen molar-refractivity contribution in [1.29, 1.82) is 0 Å². The van der Waals surface area contributed by atoms with E-state index in [4.69, 9.17) is 14.1 Å². The van der Waals surface area contributed by atoms with Gasteiger partial charge in [-0.05, 0) is 19.4 Å². The highest BCUT2D eigenvalue weighted by atomic mass is 32.1.